The van der Waals surface area contributed by atoms with Crippen molar-refractivity contribution >= 4 is 5.69 Å². The number of nitrogens with zero attached hydrogens (tertiary/aromatic N) is 1. The second-order valence-corrected chi connectivity index (χ2v) is 4.46. The minimum absolute atomic E-state index is 0.261. The van der Waals surface area contributed by atoms with Crippen LogP contribution in [0.15, 0.2) is 24.3 Å². The lowest BCUT2D eigenvalue weighted by Crippen LogP contribution is -2.23. The van der Waals surface area contributed by atoms with Crippen molar-refractivity contribution in [2.45, 2.75) is 39.3 Å². The summed E-state index contributed by atoms with van der Waals surface area (Å²) in [5.74, 6) is 0. The molecule has 1 unspecified atom stereocenters. The zero-order valence-corrected chi connectivity index (χ0v) is 10.7. The van der Waals surface area contributed by atoms with Gasteiger partial charge in [0.15, 0.2) is 0 Å². The maximum atomic E-state index is 8.57. The Balaban J connectivity index is 2.43. The number of nitriles is 1. The predicted molar refractivity (Wildman–Crippen MR) is 69.9 cm³/mol. The Kier molecular flexibility index (Phi) is 5.51. The molecule has 1 N–H and O–H groups in total. The SMILES string of the molecule is CC(COC(C)C)Nc1ccc(CC#N)cc1. The van der Waals surface area contributed by atoms with Crippen molar-refractivity contribution in [1.29, 1.82) is 5.26 Å². The molecule has 0 saturated heterocycles. The number of ether oxygens (including phenoxy) is 1. The van der Waals surface area contributed by atoms with Crippen LogP contribution >= 0.6 is 0 Å². The summed E-state index contributed by atoms with van der Waals surface area (Å²) in [5, 5.41) is 11.9. The maximum absolute atomic E-state index is 8.57. The van der Waals surface area contributed by atoms with Crippen molar-refractivity contribution in [3.05, 3.63) is 29.8 Å². The van der Waals surface area contributed by atoms with Crippen molar-refractivity contribution in [2.24, 2.45) is 0 Å². The van der Waals surface area contributed by atoms with E-state index in [2.05, 4.69) is 18.3 Å². The molecule has 0 aliphatic carbocycles. The van der Waals surface area contributed by atoms with Gasteiger partial charge in [0.05, 0.1) is 25.2 Å². The van der Waals surface area contributed by atoms with Crippen LogP contribution in [0.4, 0.5) is 5.69 Å². The molecule has 0 aliphatic heterocycles. The van der Waals surface area contributed by atoms with Gasteiger partial charge in [-0.25, -0.2) is 0 Å². The van der Waals surface area contributed by atoms with Gasteiger partial charge < -0.3 is 10.1 Å². The summed E-state index contributed by atoms with van der Waals surface area (Å²) in [6.45, 7) is 6.84. The first-order valence-electron chi connectivity index (χ1n) is 5.96. The van der Waals surface area contributed by atoms with Gasteiger partial charge >= 0.3 is 0 Å². The van der Waals surface area contributed by atoms with E-state index in [1.165, 1.54) is 0 Å². The Morgan fingerprint density at radius 2 is 1.88 bits per heavy atom. The fourth-order valence-electron chi connectivity index (χ4n) is 1.47. The molecule has 0 saturated carbocycles. The van der Waals surface area contributed by atoms with Crippen LogP contribution in [0.25, 0.3) is 0 Å². The third kappa shape index (κ3) is 5.37. The summed E-state index contributed by atoms with van der Waals surface area (Å²) in [4.78, 5) is 0. The van der Waals surface area contributed by atoms with Crippen LogP contribution in [0.2, 0.25) is 0 Å². The molecule has 92 valence electrons. The molecule has 0 aliphatic rings. The van der Waals surface area contributed by atoms with Gasteiger partial charge in [-0.3, -0.25) is 0 Å². The quantitative estimate of drug-likeness (QED) is 0.820. The Morgan fingerprint density at radius 1 is 1.24 bits per heavy atom. The van der Waals surface area contributed by atoms with E-state index in [-0.39, 0.29) is 12.1 Å². The van der Waals surface area contributed by atoms with E-state index in [1.807, 2.05) is 38.1 Å². The first-order chi connectivity index (χ1) is 8.11. The van der Waals surface area contributed by atoms with Crippen molar-refractivity contribution in [3.63, 3.8) is 0 Å². The molecular formula is C14H20N2O. The van der Waals surface area contributed by atoms with Gasteiger partial charge in [-0.05, 0) is 38.5 Å². The number of rotatable bonds is 6. The normalized spacial score (nSPS) is 12.2. The highest BCUT2D eigenvalue weighted by molar-refractivity contribution is 5.45. The lowest BCUT2D eigenvalue weighted by atomic mass is 10.1. The minimum Gasteiger partial charge on any atom is -0.380 e. The lowest BCUT2D eigenvalue weighted by Gasteiger charge is -2.17. The predicted octanol–water partition coefficient (Wildman–Crippen LogP) is 2.98. The molecule has 0 bridgehead atoms. The van der Waals surface area contributed by atoms with Gasteiger partial charge in [-0.2, -0.15) is 5.26 Å². The number of benzene rings is 1. The summed E-state index contributed by atoms with van der Waals surface area (Å²) in [7, 11) is 0. The van der Waals surface area contributed by atoms with E-state index >= 15 is 0 Å². The van der Waals surface area contributed by atoms with Gasteiger partial charge in [0.2, 0.25) is 0 Å². The Hall–Kier alpha value is -1.53. The van der Waals surface area contributed by atoms with E-state index in [1.54, 1.807) is 0 Å². The van der Waals surface area contributed by atoms with Crippen molar-refractivity contribution < 1.29 is 4.74 Å². The Bertz CT molecular complexity index is 365. The summed E-state index contributed by atoms with van der Waals surface area (Å²) >= 11 is 0. The highest BCUT2D eigenvalue weighted by Gasteiger charge is 2.03. The van der Waals surface area contributed by atoms with Gasteiger partial charge in [0, 0.05) is 11.7 Å². The van der Waals surface area contributed by atoms with E-state index in [0.717, 1.165) is 11.3 Å². The minimum atomic E-state index is 0.261. The molecule has 3 heteroatoms. The second-order valence-electron chi connectivity index (χ2n) is 4.46. The first-order valence-corrected chi connectivity index (χ1v) is 5.96. The number of hydrogen-bond acceptors (Lipinski definition) is 3. The van der Waals surface area contributed by atoms with Crippen LogP contribution in [-0.4, -0.2) is 18.8 Å². The average Bonchev–Trinajstić information content (AvgIpc) is 2.29. The molecular weight excluding hydrogens is 212 g/mol. The molecule has 0 aromatic heterocycles. The molecule has 0 radical (unpaired) electrons. The first kappa shape index (κ1) is 13.5. The number of hydrogen-bond donors (Lipinski definition) is 1. The Labute approximate surface area is 103 Å². The van der Waals surface area contributed by atoms with E-state index in [0.29, 0.717) is 13.0 Å². The van der Waals surface area contributed by atoms with Gasteiger partial charge in [-0.15, -0.1) is 0 Å². The van der Waals surface area contributed by atoms with Gasteiger partial charge in [-0.1, -0.05) is 12.1 Å². The monoisotopic (exact) mass is 232 g/mol. The zero-order chi connectivity index (χ0) is 12.7. The van der Waals surface area contributed by atoms with Gasteiger partial charge in [0.1, 0.15) is 0 Å². The molecule has 1 rings (SSSR count). The molecule has 1 aromatic carbocycles. The second kappa shape index (κ2) is 6.93. The fourth-order valence-corrected chi connectivity index (χ4v) is 1.47. The van der Waals surface area contributed by atoms with Crippen LogP contribution in [0.1, 0.15) is 26.3 Å². The third-order valence-corrected chi connectivity index (χ3v) is 2.33. The molecule has 17 heavy (non-hydrogen) atoms. The summed E-state index contributed by atoms with van der Waals surface area (Å²) in [6.07, 6.45) is 0.726. The topological polar surface area (TPSA) is 45.0 Å². The summed E-state index contributed by atoms with van der Waals surface area (Å²) in [5.41, 5.74) is 2.11. The highest BCUT2D eigenvalue weighted by Crippen LogP contribution is 2.11. The lowest BCUT2D eigenvalue weighted by molar-refractivity contribution is 0.0743. The largest absolute Gasteiger partial charge is 0.380 e. The molecule has 1 atom stereocenters. The highest BCUT2D eigenvalue weighted by atomic mass is 16.5. The van der Waals surface area contributed by atoms with Crippen LogP contribution in [0, 0.1) is 11.3 Å². The molecule has 0 heterocycles. The van der Waals surface area contributed by atoms with Gasteiger partial charge in [0.25, 0.3) is 0 Å². The smallest absolute Gasteiger partial charge is 0.0669 e. The van der Waals surface area contributed by atoms with Crippen LogP contribution in [0.5, 0.6) is 0 Å². The van der Waals surface area contributed by atoms with Crippen molar-refractivity contribution in [3.8, 4) is 6.07 Å². The molecule has 0 amide bonds. The molecule has 1 aromatic rings. The van der Waals surface area contributed by atoms with E-state index in [4.69, 9.17) is 10.00 Å². The molecule has 3 nitrogen and oxygen atoms in total. The Morgan fingerprint density at radius 3 is 2.41 bits per heavy atom. The van der Waals surface area contributed by atoms with Crippen LogP contribution in [0.3, 0.4) is 0 Å². The van der Waals surface area contributed by atoms with Crippen molar-refractivity contribution in [2.75, 3.05) is 11.9 Å². The summed E-state index contributed by atoms with van der Waals surface area (Å²) < 4.78 is 5.53. The van der Waals surface area contributed by atoms with Crippen LogP contribution in [-0.2, 0) is 11.2 Å². The zero-order valence-electron chi connectivity index (χ0n) is 10.7. The van der Waals surface area contributed by atoms with E-state index in [9.17, 15) is 0 Å². The molecule has 0 spiro atoms. The summed E-state index contributed by atoms with van der Waals surface area (Å²) in [6, 6.07) is 10.4. The number of nitrogens with one attached hydrogen (secondary N) is 1. The van der Waals surface area contributed by atoms with E-state index < -0.39 is 0 Å². The maximum Gasteiger partial charge on any atom is 0.0669 e. The standard InChI is InChI=1S/C14H20N2O/c1-11(2)17-10-12(3)16-14-6-4-13(5-7-14)8-9-15/h4-7,11-12,16H,8,10H2,1-3H3. The fraction of sp³-hybridized carbons (Fsp3) is 0.500. The van der Waals surface area contributed by atoms with Crippen LogP contribution < -0.4 is 5.32 Å². The third-order valence-electron chi connectivity index (χ3n) is 2.33. The average molecular weight is 232 g/mol. The number of anilines is 1. The van der Waals surface area contributed by atoms with Crippen molar-refractivity contribution in [1.82, 2.24) is 0 Å². The molecule has 0 fully saturated rings.